The lowest BCUT2D eigenvalue weighted by molar-refractivity contribution is 0.266. The lowest BCUT2D eigenvalue weighted by Crippen LogP contribution is -2.32. The number of hydrogen-bond acceptors (Lipinski definition) is 4. The van der Waals surface area contributed by atoms with E-state index in [9.17, 15) is 4.79 Å². The molecular weight excluding hydrogens is 254 g/mol. The van der Waals surface area contributed by atoms with Gasteiger partial charge in [0.05, 0.1) is 25.0 Å². The Bertz CT molecular complexity index is 471. The van der Waals surface area contributed by atoms with Crippen LogP contribution in [0, 0.1) is 5.92 Å². The van der Waals surface area contributed by atoms with Gasteiger partial charge in [0.25, 0.3) is 5.56 Å². The molecule has 0 saturated heterocycles. The van der Waals surface area contributed by atoms with Crippen molar-refractivity contribution in [3.8, 4) is 0 Å². The minimum Gasteiger partial charge on any atom is -0.394 e. The number of halogens is 1. The Balaban J connectivity index is 2.13. The molecule has 5 nitrogen and oxygen atoms in total. The summed E-state index contributed by atoms with van der Waals surface area (Å²) in [5.41, 5.74) is 0.215. The Hall–Kier alpha value is -1.07. The predicted octanol–water partition coefficient (Wildman–Crippen LogP) is 1.49. The number of anilines is 1. The van der Waals surface area contributed by atoms with Crippen LogP contribution in [0.4, 0.5) is 5.69 Å². The molecule has 0 aliphatic heterocycles. The summed E-state index contributed by atoms with van der Waals surface area (Å²) in [4.78, 5) is 11.8. The van der Waals surface area contributed by atoms with E-state index in [1.54, 1.807) is 6.20 Å². The molecule has 0 radical (unpaired) electrons. The zero-order valence-electron chi connectivity index (χ0n) is 10.4. The molecule has 1 aliphatic rings. The molecule has 1 heterocycles. The summed E-state index contributed by atoms with van der Waals surface area (Å²) in [6, 6.07) is 0.297. The highest BCUT2D eigenvalue weighted by Crippen LogP contribution is 2.31. The summed E-state index contributed by atoms with van der Waals surface area (Å²) in [6.45, 7) is 2.13. The highest BCUT2D eigenvalue weighted by atomic mass is 35.5. The van der Waals surface area contributed by atoms with Crippen LogP contribution in [0.2, 0.25) is 5.02 Å². The normalized spacial score (nSPS) is 17.3. The predicted molar refractivity (Wildman–Crippen MR) is 71.0 cm³/mol. The number of aliphatic hydroxyl groups is 1. The molecular formula is C12H18ClN3O2. The second-order valence-electron chi connectivity index (χ2n) is 4.75. The van der Waals surface area contributed by atoms with Crippen molar-refractivity contribution in [1.82, 2.24) is 9.78 Å². The van der Waals surface area contributed by atoms with Gasteiger partial charge < -0.3 is 10.4 Å². The molecule has 1 saturated carbocycles. The van der Waals surface area contributed by atoms with Gasteiger partial charge in [0.2, 0.25) is 0 Å². The molecule has 0 spiro atoms. The second-order valence-corrected chi connectivity index (χ2v) is 5.13. The van der Waals surface area contributed by atoms with Crippen LogP contribution >= 0.6 is 11.6 Å². The molecule has 2 rings (SSSR count). The molecule has 100 valence electrons. The summed E-state index contributed by atoms with van der Waals surface area (Å²) >= 11 is 6.03. The van der Waals surface area contributed by atoms with Crippen molar-refractivity contribution >= 4 is 17.3 Å². The van der Waals surface area contributed by atoms with E-state index in [0.29, 0.717) is 17.6 Å². The SMILES string of the molecule is CC(Nc1cnn(CCO)c(=O)c1Cl)C1CCC1. The summed E-state index contributed by atoms with van der Waals surface area (Å²) in [7, 11) is 0. The Kier molecular flexibility index (Phi) is 4.24. The van der Waals surface area contributed by atoms with Gasteiger partial charge in [0, 0.05) is 6.04 Å². The molecule has 0 bridgehead atoms. The Labute approximate surface area is 111 Å². The van der Waals surface area contributed by atoms with Crippen molar-refractivity contribution < 1.29 is 5.11 Å². The molecule has 6 heteroatoms. The van der Waals surface area contributed by atoms with Gasteiger partial charge in [-0.1, -0.05) is 18.0 Å². The van der Waals surface area contributed by atoms with Gasteiger partial charge in [-0.25, -0.2) is 4.68 Å². The van der Waals surface area contributed by atoms with E-state index in [4.69, 9.17) is 16.7 Å². The van der Waals surface area contributed by atoms with E-state index in [1.807, 2.05) is 0 Å². The van der Waals surface area contributed by atoms with Crippen molar-refractivity contribution in [2.45, 2.75) is 38.8 Å². The average Bonchev–Trinajstić information content (AvgIpc) is 2.26. The van der Waals surface area contributed by atoms with Gasteiger partial charge in [-0.05, 0) is 25.7 Å². The van der Waals surface area contributed by atoms with Crippen LogP contribution in [0.3, 0.4) is 0 Å². The van der Waals surface area contributed by atoms with Crippen LogP contribution in [0.25, 0.3) is 0 Å². The van der Waals surface area contributed by atoms with Gasteiger partial charge in [-0.2, -0.15) is 5.10 Å². The third kappa shape index (κ3) is 2.67. The van der Waals surface area contributed by atoms with Crippen molar-refractivity contribution in [2.24, 2.45) is 5.92 Å². The van der Waals surface area contributed by atoms with E-state index in [0.717, 1.165) is 0 Å². The van der Waals surface area contributed by atoms with Crippen molar-refractivity contribution in [3.05, 3.63) is 21.6 Å². The van der Waals surface area contributed by atoms with E-state index in [-0.39, 0.29) is 23.7 Å². The summed E-state index contributed by atoms with van der Waals surface area (Å²) in [5, 5.41) is 16.2. The van der Waals surface area contributed by atoms with Crippen LogP contribution in [0.15, 0.2) is 11.0 Å². The van der Waals surface area contributed by atoms with Gasteiger partial charge >= 0.3 is 0 Å². The number of aromatic nitrogens is 2. The Morgan fingerprint density at radius 1 is 1.67 bits per heavy atom. The quantitative estimate of drug-likeness (QED) is 0.851. The molecule has 1 aromatic rings. The lowest BCUT2D eigenvalue weighted by Gasteiger charge is -2.32. The van der Waals surface area contributed by atoms with Gasteiger partial charge in [0.1, 0.15) is 5.02 Å². The molecule has 1 unspecified atom stereocenters. The van der Waals surface area contributed by atoms with Crippen LogP contribution in [0.5, 0.6) is 0 Å². The van der Waals surface area contributed by atoms with Crippen LogP contribution < -0.4 is 10.9 Å². The molecule has 1 aromatic heterocycles. The minimum absolute atomic E-state index is 0.130. The highest BCUT2D eigenvalue weighted by Gasteiger charge is 2.24. The molecule has 1 aliphatic carbocycles. The topological polar surface area (TPSA) is 67.2 Å². The smallest absolute Gasteiger partial charge is 0.287 e. The van der Waals surface area contributed by atoms with E-state index in [1.165, 1.54) is 23.9 Å². The van der Waals surface area contributed by atoms with E-state index in [2.05, 4.69) is 17.3 Å². The first-order valence-corrected chi connectivity index (χ1v) is 6.64. The maximum Gasteiger partial charge on any atom is 0.287 e. The zero-order chi connectivity index (χ0) is 13.1. The first-order chi connectivity index (χ1) is 8.63. The average molecular weight is 272 g/mol. The maximum absolute atomic E-state index is 11.8. The Morgan fingerprint density at radius 2 is 2.39 bits per heavy atom. The Morgan fingerprint density at radius 3 is 2.94 bits per heavy atom. The third-order valence-electron chi connectivity index (χ3n) is 3.54. The fourth-order valence-corrected chi connectivity index (χ4v) is 2.32. The van der Waals surface area contributed by atoms with Crippen molar-refractivity contribution in [2.75, 3.05) is 11.9 Å². The van der Waals surface area contributed by atoms with Gasteiger partial charge in [0.15, 0.2) is 0 Å². The molecule has 0 amide bonds. The monoisotopic (exact) mass is 271 g/mol. The first-order valence-electron chi connectivity index (χ1n) is 6.26. The fourth-order valence-electron chi connectivity index (χ4n) is 2.12. The largest absolute Gasteiger partial charge is 0.394 e. The molecule has 2 N–H and O–H groups in total. The van der Waals surface area contributed by atoms with Crippen molar-refractivity contribution in [1.29, 1.82) is 0 Å². The summed E-state index contributed by atoms with van der Waals surface area (Å²) < 4.78 is 1.17. The minimum atomic E-state index is -0.364. The number of nitrogens with one attached hydrogen (secondary N) is 1. The number of aliphatic hydroxyl groups excluding tert-OH is 1. The van der Waals surface area contributed by atoms with Gasteiger partial charge in [-0.15, -0.1) is 0 Å². The van der Waals surface area contributed by atoms with Crippen LogP contribution in [0.1, 0.15) is 26.2 Å². The summed E-state index contributed by atoms with van der Waals surface area (Å²) in [5.74, 6) is 0.654. The molecule has 1 fully saturated rings. The van der Waals surface area contributed by atoms with Crippen molar-refractivity contribution in [3.63, 3.8) is 0 Å². The van der Waals surface area contributed by atoms with Crippen LogP contribution in [-0.4, -0.2) is 27.5 Å². The van der Waals surface area contributed by atoms with E-state index >= 15 is 0 Å². The molecule has 0 aromatic carbocycles. The number of nitrogens with zero attached hydrogens (tertiary/aromatic N) is 2. The molecule has 18 heavy (non-hydrogen) atoms. The van der Waals surface area contributed by atoms with E-state index < -0.39 is 0 Å². The van der Waals surface area contributed by atoms with Gasteiger partial charge in [-0.3, -0.25) is 4.79 Å². The second kappa shape index (κ2) is 5.71. The first kappa shape index (κ1) is 13.4. The number of hydrogen-bond donors (Lipinski definition) is 2. The fraction of sp³-hybridized carbons (Fsp3) is 0.667. The highest BCUT2D eigenvalue weighted by molar-refractivity contribution is 6.32. The maximum atomic E-state index is 11.8. The molecule has 1 atom stereocenters. The zero-order valence-corrected chi connectivity index (χ0v) is 11.2. The van der Waals surface area contributed by atoms with Crippen LogP contribution in [-0.2, 0) is 6.54 Å². The standard InChI is InChI=1S/C12H18ClN3O2/c1-8(9-3-2-4-9)15-10-7-14-16(5-6-17)12(18)11(10)13/h7-9,15,17H,2-6H2,1H3. The summed E-state index contributed by atoms with van der Waals surface area (Å²) in [6.07, 6.45) is 5.27. The third-order valence-corrected chi connectivity index (χ3v) is 3.90. The number of rotatable bonds is 5. The lowest BCUT2D eigenvalue weighted by atomic mass is 9.80.